The van der Waals surface area contributed by atoms with Crippen molar-refractivity contribution in [3.05, 3.63) is 58.9 Å². The number of hydrogen-bond acceptors (Lipinski definition) is 4. The molecule has 1 amide bonds. The van der Waals surface area contributed by atoms with Gasteiger partial charge >= 0.3 is 0 Å². The molecule has 0 aromatic heterocycles. The third-order valence-electron chi connectivity index (χ3n) is 2.98. The molecule has 0 spiro atoms. The third-order valence-corrected chi connectivity index (χ3v) is 3.81. The first-order valence-electron chi connectivity index (χ1n) is 7.14. The molecule has 0 bridgehead atoms. The van der Waals surface area contributed by atoms with Crippen LogP contribution in [0.4, 0.5) is 10.1 Å². The average Bonchev–Trinajstić information content (AvgIpc) is 2.52. The van der Waals surface area contributed by atoms with Crippen molar-refractivity contribution < 1.29 is 22.3 Å². The van der Waals surface area contributed by atoms with Gasteiger partial charge in [0.25, 0.3) is 5.91 Å². The first kappa shape index (κ1) is 19.0. The molecule has 0 heterocycles. The van der Waals surface area contributed by atoms with E-state index in [-0.39, 0.29) is 18.8 Å². The summed E-state index contributed by atoms with van der Waals surface area (Å²) in [5, 5.41) is 3.07. The summed E-state index contributed by atoms with van der Waals surface area (Å²) < 4.78 is 43.4. The van der Waals surface area contributed by atoms with E-state index < -0.39 is 21.7 Å². The van der Waals surface area contributed by atoms with Crippen molar-refractivity contribution in [3.8, 4) is 5.75 Å². The van der Waals surface area contributed by atoms with Gasteiger partial charge in [0.15, 0.2) is 6.61 Å². The Bertz CT molecular complexity index is 874. The fraction of sp³-hybridized carbons (Fsp3) is 0.188. The van der Waals surface area contributed by atoms with E-state index in [0.717, 1.165) is 12.3 Å². The van der Waals surface area contributed by atoms with Gasteiger partial charge in [0.05, 0.1) is 11.9 Å². The number of hydrogen-bond donors (Lipinski definition) is 2. The molecule has 9 heteroatoms. The van der Waals surface area contributed by atoms with Gasteiger partial charge in [0.1, 0.15) is 11.6 Å². The number of sulfonamides is 1. The smallest absolute Gasteiger partial charge is 0.258 e. The van der Waals surface area contributed by atoms with Crippen molar-refractivity contribution in [1.29, 1.82) is 0 Å². The highest BCUT2D eigenvalue weighted by Crippen LogP contribution is 2.18. The molecule has 0 saturated carbocycles. The SMILES string of the molecule is CS(=O)(=O)Nc1ccc(CNC(=O)COc2cccc(Cl)c2)cc1F. The number of ether oxygens (including phenoxy) is 1. The van der Waals surface area contributed by atoms with Crippen LogP contribution in [0.15, 0.2) is 42.5 Å². The average molecular weight is 387 g/mol. The van der Waals surface area contributed by atoms with Crippen LogP contribution in [0.3, 0.4) is 0 Å². The quantitative estimate of drug-likeness (QED) is 0.765. The zero-order valence-electron chi connectivity index (χ0n) is 13.3. The minimum absolute atomic E-state index is 0.0772. The lowest BCUT2D eigenvalue weighted by atomic mass is 10.2. The summed E-state index contributed by atoms with van der Waals surface area (Å²) in [6.07, 6.45) is 0.931. The number of carbonyl (C=O) groups excluding carboxylic acids is 1. The lowest BCUT2D eigenvalue weighted by molar-refractivity contribution is -0.123. The summed E-state index contributed by atoms with van der Waals surface area (Å²) in [7, 11) is -3.56. The maximum absolute atomic E-state index is 13.8. The van der Waals surface area contributed by atoms with Crippen LogP contribution < -0.4 is 14.8 Å². The van der Waals surface area contributed by atoms with Crippen LogP contribution in [0.2, 0.25) is 5.02 Å². The molecule has 0 aliphatic rings. The predicted octanol–water partition coefficient (Wildman–Crippen LogP) is 2.55. The minimum atomic E-state index is -3.56. The van der Waals surface area contributed by atoms with Crippen molar-refractivity contribution >= 4 is 33.2 Å². The molecular formula is C16H16ClFN2O4S. The second kappa shape index (κ2) is 8.17. The number of halogens is 2. The molecule has 0 aliphatic carbocycles. The van der Waals surface area contributed by atoms with E-state index >= 15 is 0 Å². The number of nitrogens with one attached hydrogen (secondary N) is 2. The summed E-state index contributed by atoms with van der Waals surface area (Å²) in [6.45, 7) is -0.135. The highest BCUT2D eigenvalue weighted by molar-refractivity contribution is 7.92. The lowest BCUT2D eigenvalue weighted by Gasteiger charge is -2.09. The highest BCUT2D eigenvalue weighted by Gasteiger charge is 2.09. The number of rotatable bonds is 7. The van der Waals surface area contributed by atoms with Crippen LogP contribution in [0.5, 0.6) is 5.75 Å². The van der Waals surface area contributed by atoms with Crippen LogP contribution in [0, 0.1) is 5.82 Å². The second-order valence-corrected chi connectivity index (χ2v) is 7.40. The van der Waals surface area contributed by atoms with Crippen molar-refractivity contribution in [2.45, 2.75) is 6.54 Å². The summed E-state index contributed by atoms with van der Waals surface area (Å²) >= 11 is 5.81. The van der Waals surface area contributed by atoms with E-state index in [9.17, 15) is 17.6 Å². The fourth-order valence-electron chi connectivity index (χ4n) is 1.91. The van der Waals surface area contributed by atoms with Crippen molar-refractivity contribution in [3.63, 3.8) is 0 Å². The van der Waals surface area contributed by atoms with Crippen molar-refractivity contribution in [1.82, 2.24) is 5.32 Å². The van der Waals surface area contributed by atoms with Crippen molar-refractivity contribution in [2.24, 2.45) is 0 Å². The van der Waals surface area contributed by atoms with E-state index in [1.165, 1.54) is 12.1 Å². The molecule has 2 N–H and O–H groups in total. The summed E-state index contributed by atoms with van der Waals surface area (Å²) in [5.41, 5.74) is 0.328. The van der Waals surface area contributed by atoms with Crippen molar-refractivity contribution in [2.75, 3.05) is 17.6 Å². The number of carbonyl (C=O) groups is 1. The van der Waals surface area contributed by atoms with Crippen LogP contribution in [-0.2, 0) is 21.4 Å². The maximum Gasteiger partial charge on any atom is 0.258 e. The van der Waals surface area contributed by atoms with Gasteiger partial charge < -0.3 is 10.1 Å². The maximum atomic E-state index is 13.8. The number of anilines is 1. The Hall–Kier alpha value is -2.32. The fourth-order valence-corrected chi connectivity index (χ4v) is 2.65. The molecular weight excluding hydrogens is 371 g/mol. The first-order chi connectivity index (χ1) is 11.7. The predicted molar refractivity (Wildman–Crippen MR) is 93.7 cm³/mol. The summed E-state index contributed by atoms with van der Waals surface area (Å²) in [4.78, 5) is 11.8. The van der Waals surface area contributed by atoms with Crippen LogP contribution >= 0.6 is 11.6 Å². The Morgan fingerprint density at radius 2 is 2.00 bits per heavy atom. The molecule has 134 valence electrons. The molecule has 2 rings (SSSR count). The van der Waals surface area contributed by atoms with Crippen LogP contribution in [0.25, 0.3) is 0 Å². The number of benzene rings is 2. The van der Waals surface area contributed by atoms with E-state index in [4.69, 9.17) is 16.3 Å². The zero-order valence-corrected chi connectivity index (χ0v) is 14.8. The van der Waals surface area contributed by atoms with E-state index in [1.807, 2.05) is 0 Å². The van der Waals surface area contributed by atoms with Gasteiger partial charge in [-0.15, -0.1) is 0 Å². The highest BCUT2D eigenvalue weighted by atomic mass is 35.5. The molecule has 0 fully saturated rings. The molecule has 0 saturated heterocycles. The Balaban J connectivity index is 1.86. The Kier molecular flexibility index (Phi) is 6.22. The van der Waals surface area contributed by atoms with Crippen LogP contribution in [0.1, 0.15) is 5.56 Å². The second-order valence-electron chi connectivity index (χ2n) is 5.21. The zero-order chi connectivity index (χ0) is 18.4. The Morgan fingerprint density at radius 3 is 2.64 bits per heavy atom. The van der Waals surface area contributed by atoms with Gasteiger partial charge in [0, 0.05) is 11.6 Å². The molecule has 0 unspecified atom stereocenters. The van der Waals surface area contributed by atoms with E-state index in [0.29, 0.717) is 16.3 Å². The monoisotopic (exact) mass is 386 g/mol. The third kappa shape index (κ3) is 6.60. The van der Waals surface area contributed by atoms with Gasteiger partial charge in [0.2, 0.25) is 10.0 Å². The standard InChI is InChI=1S/C16H16ClFN2O4S/c1-25(22,23)20-15-6-5-11(7-14(15)18)9-19-16(21)10-24-13-4-2-3-12(17)8-13/h2-8,20H,9-10H2,1H3,(H,19,21). The molecule has 2 aromatic carbocycles. The normalized spacial score (nSPS) is 11.0. The molecule has 0 aliphatic heterocycles. The molecule has 0 atom stereocenters. The molecule has 2 aromatic rings. The molecule has 6 nitrogen and oxygen atoms in total. The van der Waals surface area contributed by atoms with Gasteiger partial charge in [-0.05, 0) is 35.9 Å². The van der Waals surface area contributed by atoms with Gasteiger partial charge in [-0.2, -0.15) is 0 Å². The molecule has 25 heavy (non-hydrogen) atoms. The van der Waals surface area contributed by atoms with E-state index in [2.05, 4.69) is 10.0 Å². The van der Waals surface area contributed by atoms with Crippen LogP contribution in [-0.4, -0.2) is 27.2 Å². The summed E-state index contributed by atoms with van der Waals surface area (Å²) in [5.74, 6) is -0.657. The Morgan fingerprint density at radius 1 is 1.24 bits per heavy atom. The molecule has 0 radical (unpaired) electrons. The summed E-state index contributed by atoms with van der Waals surface area (Å²) in [6, 6.07) is 10.6. The minimum Gasteiger partial charge on any atom is -0.484 e. The number of amides is 1. The van der Waals surface area contributed by atoms with Gasteiger partial charge in [-0.3, -0.25) is 9.52 Å². The first-order valence-corrected chi connectivity index (χ1v) is 9.41. The lowest BCUT2D eigenvalue weighted by Crippen LogP contribution is -2.28. The Labute approximate surface area is 150 Å². The largest absolute Gasteiger partial charge is 0.484 e. The van der Waals surface area contributed by atoms with Gasteiger partial charge in [-0.25, -0.2) is 12.8 Å². The van der Waals surface area contributed by atoms with Gasteiger partial charge in [-0.1, -0.05) is 23.7 Å². The van der Waals surface area contributed by atoms with E-state index in [1.54, 1.807) is 24.3 Å². The topological polar surface area (TPSA) is 84.5 Å².